The quantitative estimate of drug-likeness (QED) is 0.480. The summed E-state index contributed by atoms with van der Waals surface area (Å²) in [5.74, 6) is -0.210. The molecule has 3 N–H and O–H groups in total. The maximum absolute atomic E-state index is 12.0. The molecule has 21 heavy (non-hydrogen) atoms. The Hall–Kier alpha value is -2.68. The first-order chi connectivity index (χ1) is 9.99. The molecular formula is C11H10ClN5O4. The van der Waals surface area contributed by atoms with Crippen LogP contribution in [0.3, 0.4) is 0 Å². The predicted molar refractivity (Wildman–Crippen MR) is 72.9 cm³/mol. The number of rotatable bonds is 5. The molecule has 10 heteroatoms. The van der Waals surface area contributed by atoms with Crippen LogP contribution in [-0.4, -0.2) is 27.5 Å². The third-order valence-electron chi connectivity index (χ3n) is 2.60. The highest BCUT2D eigenvalue weighted by Gasteiger charge is 2.18. The molecule has 0 aliphatic carbocycles. The van der Waals surface area contributed by atoms with Crippen molar-refractivity contribution in [3.8, 4) is 0 Å². The topological polar surface area (TPSA) is 137 Å². The Balaban J connectivity index is 2.09. The lowest BCUT2D eigenvalue weighted by Crippen LogP contribution is -2.26. The minimum Gasteiger partial charge on any atom is -0.397 e. The standard InChI is InChI=1S/C11H10ClN5O4/c12-8-4-6(17(19)20)3-7(10(8)13)11(18)14-2-1-9-15-5-16-21-9/h3-5H,1-2,13H2,(H,14,18). The van der Waals surface area contributed by atoms with Gasteiger partial charge in [-0.15, -0.1) is 0 Å². The Bertz CT molecular complexity index is 674. The summed E-state index contributed by atoms with van der Waals surface area (Å²) in [6, 6.07) is 2.16. The van der Waals surface area contributed by atoms with Crippen molar-refractivity contribution >= 4 is 28.9 Å². The van der Waals surface area contributed by atoms with Gasteiger partial charge in [0.2, 0.25) is 5.89 Å². The molecule has 2 aromatic rings. The number of amides is 1. The lowest BCUT2D eigenvalue weighted by Gasteiger charge is -2.08. The second-order valence-corrected chi connectivity index (χ2v) is 4.39. The molecule has 0 spiro atoms. The van der Waals surface area contributed by atoms with Crippen molar-refractivity contribution < 1.29 is 14.2 Å². The molecule has 1 amide bonds. The highest BCUT2D eigenvalue weighted by molar-refractivity contribution is 6.34. The van der Waals surface area contributed by atoms with Crippen molar-refractivity contribution in [2.24, 2.45) is 0 Å². The molecule has 1 aromatic heterocycles. The summed E-state index contributed by atoms with van der Waals surface area (Å²) in [7, 11) is 0. The summed E-state index contributed by atoms with van der Waals surface area (Å²) in [6.07, 6.45) is 1.57. The maximum Gasteiger partial charge on any atom is 0.271 e. The molecule has 0 aliphatic heterocycles. The van der Waals surface area contributed by atoms with Gasteiger partial charge in [-0.05, 0) is 0 Å². The van der Waals surface area contributed by atoms with Gasteiger partial charge in [0.05, 0.1) is 21.2 Å². The van der Waals surface area contributed by atoms with Gasteiger partial charge in [0.1, 0.15) is 0 Å². The number of nitrogen functional groups attached to an aromatic ring is 1. The lowest BCUT2D eigenvalue weighted by atomic mass is 10.1. The van der Waals surface area contributed by atoms with Crippen molar-refractivity contribution in [3.63, 3.8) is 0 Å². The van der Waals surface area contributed by atoms with Crippen LogP contribution in [0.2, 0.25) is 5.02 Å². The molecule has 0 saturated carbocycles. The smallest absolute Gasteiger partial charge is 0.271 e. The van der Waals surface area contributed by atoms with Gasteiger partial charge in [-0.2, -0.15) is 4.98 Å². The number of benzene rings is 1. The molecule has 1 heterocycles. The second kappa shape index (κ2) is 6.18. The van der Waals surface area contributed by atoms with E-state index in [1.807, 2.05) is 0 Å². The Morgan fingerprint density at radius 1 is 1.52 bits per heavy atom. The molecule has 2 rings (SSSR count). The number of nitrogens with two attached hydrogens (primary N) is 1. The van der Waals surface area contributed by atoms with Crippen LogP contribution in [-0.2, 0) is 6.42 Å². The summed E-state index contributed by atoms with van der Waals surface area (Å²) in [6.45, 7) is 0.209. The van der Waals surface area contributed by atoms with Crippen LogP contribution >= 0.6 is 11.6 Å². The van der Waals surface area contributed by atoms with E-state index in [2.05, 4.69) is 15.5 Å². The zero-order chi connectivity index (χ0) is 15.4. The molecule has 0 fully saturated rings. The summed E-state index contributed by atoms with van der Waals surface area (Å²) >= 11 is 5.78. The molecule has 0 aliphatic rings. The number of nitrogens with one attached hydrogen (secondary N) is 1. The predicted octanol–water partition coefficient (Wildman–Crippen LogP) is 1.19. The number of anilines is 1. The first-order valence-electron chi connectivity index (χ1n) is 5.76. The zero-order valence-corrected chi connectivity index (χ0v) is 11.3. The Kier molecular flexibility index (Phi) is 4.33. The maximum atomic E-state index is 12.0. The number of hydrogen-bond acceptors (Lipinski definition) is 7. The van der Waals surface area contributed by atoms with E-state index in [0.29, 0.717) is 12.3 Å². The zero-order valence-electron chi connectivity index (χ0n) is 10.6. The lowest BCUT2D eigenvalue weighted by molar-refractivity contribution is -0.384. The van der Waals surface area contributed by atoms with Crippen LogP contribution in [0, 0.1) is 10.1 Å². The Labute approximate surface area is 123 Å². The molecule has 0 bridgehead atoms. The van der Waals surface area contributed by atoms with Gasteiger partial charge in [0.15, 0.2) is 6.33 Å². The fourth-order valence-electron chi connectivity index (χ4n) is 1.58. The van der Waals surface area contributed by atoms with Gasteiger partial charge < -0.3 is 15.6 Å². The summed E-state index contributed by atoms with van der Waals surface area (Å²) < 4.78 is 4.77. The Morgan fingerprint density at radius 2 is 2.29 bits per heavy atom. The third-order valence-corrected chi connectivity index (χ3v) is 2.91. The molecular weight excluding hydrogens is 302 g/mol. The van der Waals surface area contributed by atoms with Crippen molar-refractivity contribution in [1.82, 2.24) is 15.5 Å². The number of carbonyl (C=O) groups excluding carboxylic acids is 1. The number of hydrogen-bond donors (Lipinski definition) is 2. The van der Waals surface area contributed by atoms with Crippen LogP contribution in [0.4, 0.5) is 11.4 Å². The minimum absolute atomic E-state index is 0.0162. The minimum atomic E-state index is -0.652. The molecule has 0 saturated heterocycles. The number of carbonyl (C=O) groups is 1. The number of non-ortho nitro benzene ring substituents is 1. The number of nitrogens with zero attached hydrogens (tertiary/aromatic N) is 3. The van der Waals surface area contributed by atoms with Crippen LogP contribution in [0.5, 0.6) is 0 Å². The van der Waals surface area contributed by atoms with Gasteiger partial charge >= 0.3 is 0 Å². The molecule has 0 unspecified atom stereocenters. The van der Waals surface area contributed by atoms with Crippen LogP contribution in [0.25, 0.3) is 0 Å². The average molecular weight is 312 g/mol. The monoisotopic (exact) mass is 311 g/mol. The normalized spacial score (nSPS) is 10.3. The Morgan fingerprint density at radius 3 is 2.90 bits per heavy atom. The first-order valence-corrected chi connectivity index (χ1v) is 6.14. The van der Waals surface area contributed by atoms with E-state index in [9.17, 15) is 14.9 Å². The van der Waals surface area contributed by atoms with Crippen molar-refractivity contribution in [2.45, 2.75) is 6.42 Å². The van der Waals surface area contributed by atoms with Crippen LogP contribution in [0.1, 0.15) is 16.2 Å². The van der Waals surface area contributed by atoms with Gasteiger partial charge in [0.25, 0.3) is 11.6 Å². The van der Waals surface area contributed by atoms with E-state index in [4.69, 9.17) is 21.9 Å². The van der Waals surface area contributed by atoms with Crippen LogP contribution in [0.15, 0.2) is 23.0 Å². The average Bonchev–Trinajstić information content (AvgIpc) is 2.94. The first kappa shape index (κ1) is 14.7. The SMILES string of the molecule is Nc1c(Cl)cc([N+](=O)[O-])cc1C(=O)NCCc1ncno1. The number of nitro benzene ring substituents is 1. The van der Waals surface area contributed by atoms with E-state index < -0.39 is 10.8 Å². The molecule has 0 atom stereocenters. The summed E-state index contributed by atoms with van der Waals surface area (Å²) in [4.78, 5) is 25.9. The van der Waals surface area contributed by atoms with E-state index >= 15 is 0 Å². The number of halogens is 1. The van der Waals surface area contributed by atoms with Crippen molar-refractivity contribution in [3.05, 3.63) is 45.1 Å². The van der Waals surface area contributed by atoms with E-state index in [0.717, 1.165) is 12.1 Å². The van der Waals surface area contributed by atoms with Gasteiger partial charge in [0, 0.05) is 25.1 Å². The third kappa shape index (κ3) is 3.45. The van der Waals surface area contributed by atoms with Crippen LogP contribution < -0.4 is 11.1 Å². The number of nitro groups is 1. The molecule has 9 nitrogen and oxygen atoms in total. The highest BCUT2D eigenvalue weighted by atomic mass is 35.5. The summed E-state index contributed by atoms with van der Waals surface area (Å²) in [5, 5.41) is 16.7. The van der Waals surface area contributed by atoms with Gasteiger partial charge in [-0.25, -0.2) is 0 Å². The fourth-order valence-corrected chi connectivity index (χ4v) is 1.79. The molecule has 110 valence electrons. The molecule has 0 radical (unpaired) electrons. The van der Waals surface area contributed by atoms with E-state index in [-0.39, 0.29) is 28.5 Å². The fraction of sp³-hybridized carbons (Fsp3) is 0.182. The van der Waals surface area contributed by atoms with E-state index in [1.165, 1.54) is 6.33 Å². The molecule has 1 aromatic carbocycles. The summed E-state index contributed by atoms with van der Waals surface area (Å²) in [5.41, 5.74) is 5.28. The van der Waals surface area contributed by atoms with Crippen molar-refractivity contribution in [1.29, 1.82) is 0 Å². The highest BCUT2D eigenvalue weighted by Crippen LogP contribution is 2.28. The van der Waals surface area contributed by atoms with Gasteiger partial charge in [-0.1, -0.05) is 16.8 Å². The second-order valence-electron chi connectivity index (χ2n) is 3.99. The number of aromatic nitrogens is 2. The van der Waals surface area contributed by atoms with E-state index in [1.54, 1.807) is 0 Å². The largest absolute Gasteiger partial charge is 0.397 e. The van der Waals surface area contributed by atoms with Gasteiger partial charge in [-0.3, -0.25) is 14.9 Å². The van der Waals surface area contributed by atoms with Crippen molar-refractivity contribution in [2.75, 3.05) is 12.3 Å².